The Morgan fingerprint density at radius 3 is 2.42 bits per heavy atom. The van der Waals surface area contributed by atoms with Gasteiger partial charge in [0.05, 0.1) is 22.1 Å². The van der Waals surface area contributed by atoms with Gasteiger partial charge in [0.2, 0.25) is 15.7 Å². The molecule has 0 unspecified atom stereocenters. The largest absolute Gasteiger partial charge is 0.351 e. The summed E-state index contributed by atoms with van der Waals surface area (Å²) in [5.74, 6) is -0.177. The van der Waals surface area contributed by atoms with Crippen molar-refractivity contribution in [2.24, 2.45) is 0 Å². The molecule has 3 aromatic rings. The Kier molecular flexibility index (Phi) is 6.37. The number of nitrogens with one attached hydrogen (secondary N) is 1. The second-order valence-electron chi connectivity index (χ2n) is 7.43. The summed E-state index contributed by atoms with van der Waals surface area (Å²) in [7, 11) is -3.68. The number of nitrogens with zero attached hydrogens (tertiary/aromatic N) is 3. The third-order valence-corrected chi connectivity index (χ3v) is 6.38. The lowest BCUT2D eigenvalue weighted by Gasteiger charge is -2.24. The third-order valence-electron chi connectivity index (χ3n) is 4.95. The number of carbonyl (C=O) groups is 1. The Bertz CT molecular complexity index is 1220. The normalized spacial score (nSPS) is 11.9. The van der Waals surface area contributed by atoms with Gasteiger partial charge in [-0.25, -0.2) is 13.1 Å². The average molecular weight is 435 g/mol. The minimum Gasteiger partial charge on any atom is -0.351 e. The highest BCUT2D eigenvalue weighted by atomic mass is 32.2. The van der Waals surface area contributed by atoms with Crippen LogP contribution >= 0.6 is 0 Å². The van der Waals surface area contributed by atoms with Crippen LogP contribution in [0.1, 0.15) is 25.0 Å². The van der Waals surface area contributed by atoms with Crippen LogP contribution in [0.4, 0.5) is 0 Å². The lowest BCUT2D eigenvalue weighted by molar-refractivity contribution is -0.125. The molecule has 158 valence electrons. The maximum Gasteiger partial charge on any atom is 0.230 e. The van der Waals surface area contributed by atoms with E-state index in [0.29, 0.717) is 12.1 Å². The van der Waals surface area contributed by atoms with E-state index in [1.807, 2.05) is 36.5 Å². The summed E-state index contributed by atoms with van der Waals surface area (Å²) in [6.07, 6.45) is 4.49. The van der Waals surface area contributed by atoms with Gasteiger partial charge in [-0.3, -0.25) is 4.79 Å². The summed E-state index contributed by atoms with van der Waals surface area (Å²) in [6, 6.07) is 17.3. The van der Waals surface area contributed by atoms with Gasteiger partial charge < -0.3 is 5.32 Å². The minimum atomic E-state index is -3.68. The van der Waals surface area contributed by atoms with Gasteiger partial charge in [0.1, 0.15) is 0 Å². The highest BCUT2D eigenvalue weighted by Crippen LogP contribution is 2.25. The van der Waals surface area contributed by atoms with Crippen molar-refractivity contribution in [2.45, 2.75) is 30.7 Å². The van der Waals surface area contributed by atoms with Crippen molar-refractivity contribution in [3.63, 3.8) is 0 Å². The van der Waals surface area contributed by atoms with Crippen LogP contribution in [0, 0.1) is 11.3 Å². The van der Waals surface area contributed by atoms with Gasteiger partial charge in [-0.2, -0.15) is 10.4 Å². The summed E-state index contributed by atoms with van der Waals surface area (Å²) < 4.78 is 26.0. The first-order valence-corrected chi connectivity index (χ1v) is 11.1. The fourth-order valence-electron chi connectivity index (χ4n) is 2.98. The summed E-state index contributed by atoms with van der Waals surface area (Å²) in [6.45, 7) is 3.93. The molecular weight excluding hydrogens is 412 g/mol. The number of amides is 1. The van der Waals surface area contributed by atoms with Crippen LogP contribution < -0.4 is 5.32 Å². The average Bonchev–Trinajstić information content (AvgIpc) is 3.31. The summed E-state index contributed by atoms with van der Waals surface area (Å²) >= 11 is 0. The molecule has 0 aliphatic heterocycles. The van der Waals surface area contributed by atoms with Crippen LogP contribution in [0.2, 0.25) is 0 Å². The second-order valence-corrected chi connectivity index (χ2v) is 9.26. The number of sulfone groups is 1. The first kappa shape index (κ1) is 22.0. The number of carbonyl (C=O) groups excluding carboxylic acids is 1. The fourth-order valence-corrected chi connectivity index (χ4v) is 3.89. The third kappa shape index (κ3) is 5.08. The Morgan fingerprint density at radius 1 is 1.16 bits per heavy atom. The molecule has 0 spiro atoms. The first-order chi connectivity index (χ1) is 14.7. The molecule has 0 saturated heterocycles. The lowest BCUT2D eigenvalue weighted by Crippen LogP contribution is -2.39. The molecular formula is C23H22N4O3S. The summed E-state index contributed by atoms with van der Waals surface area (Å²) in [5, 5.41) is 16.5. The predicted octanol–water partition coefficient (Wildman–Crippen LogP) is 3.28. The van der Waals surface area contributed by atoms with Gasteiger partial charge >= 0.3 is 0 Å². The zero-order chi connectivity index (χ0) is 22.5. The highest BCUT2D eigenvalue weighted by molar-refractivity contribution is 7.94. The van der Waals surface area contributed by atoms with Crippen molar-refractivity contribution in [3.8, 4) is 11.8 Å². The van der Waals surface area contributed by atoms with Crippen molar-refractivity contribution >= 4 is 15.7 Å². The van der Waals surface area contributed by atoms with E-state index in [1.54, 1.807) is 42.9 Å². The van der Waals surface area contributed by atoms with E-state index in [1.165, 1.54) is 12.1 Å². The second kappa shape index (κ2) is 8.98. The predicted molar refractivity (Wildman–Crippen MR) is 117 cm³/mol. The molecule has 0 aliphatic rings. The Labute approximate surface area is 181 Å². The molecule has 2 aromatic carbocycles. The Hall–Kier alpha value is -3.70. The number of allylic oxidation sites excluding steroid dienone is 1. The smallest absolute Gasteiger partial charge is 0.230 e. The molecule has 1 amide bonds. The van der Waals surface area contributed by atoms with E-state index >= 15 is 0 Å². The van der Waals surface area contributed by atoms with Crippen molar-refractivity contribution in [3.05, 3.63) is 89.6 Å². The highest BCUT2D eigenvalue weighted by Gasteiger charge is 2.29. The van der Waals surface area contributed by atoms with E-state index in [2.05, 4.69) is 10.4 Å². The molecule has 8 heteroatoms. The number of hydrogen-bond acceptors (Lipinski definition) is 5. The van der Waals surface area contributed by atoms with E-state index in [9.17, 15) is 13.2 Å². The molecule has 7 nitrogen and oxygen atoms in total. The Balaban J connectivity index is 1.67. The number of aromatic nitrogens is 2. The van der Waals surface area contributed by atoms with Gasteiger partial charge in [-0.05, 0) is 55.3 Å². The molecule has 1 aromatic heterocycles. The number of rotatable bonds is 7. The topological polar surface area (TPSA) is 105 Å². The van der Waals surface area contributed by atoms with Gasteiger partial charge in [0.25, 0.3) is 0 Å². The molecule has 3 rings (SSSR count). The molecule has 0 aliphatic carbocycles. The summed E-state index contributed by atoms with van der Waals surface area (Å²) in [5.41, 5.74) is 1.70. The van der Waals surface area contributed by atoms with Crippen LogP contribution in [0.15, 0.2) is 83.4 Å². The first-order valence-electron chi connectivity index (χ1n) is 9.53. The van der Waals surface area contributed by atoms with E-state index < -0.39 is 15.3 Å². The van der Waals surface area contributed by atoms with Crippen LogP contribution in [-0.4, -0.2) is 24.1 Å². The monoisotopic (exact) mass is 434 g/mol. The molecule has 0 saturated carbocycles. The molecule has 0 bridgehead atoms. The quantitative estimate of drug-likeness (QED) is 0.575. The standard InChI is InChI=1S/C23H22N4O3S/c1-23(2,19-7-11-21(12-8-19)31(29,30)16-3-13-24)22(28)25-17-18-5-9-20(10-6-18)27-15-4-14-26-27/h3-12,14-16H,17H2,1-2H3,(H,25,28)/b16-3+. The van der Waals surface area contributed by atoms with Crippen LogP contribution in [0.3, 0.4) is 0 Å². The number of hydrogen-bond donors (Lipinski definition) is 1. The molecule has 1 N–H and O–H groups in total. The van der Waals surface area contributed by atoms with E-state index in [0.717, 1.165) is 22.7 Å². The summed E-state index contributed by atoms with van der Waals surface area (Å²) in [4.78, 5) is 12.9. The molecule has 31 heavy (non-hydrogen) atoms. The zero-order valence-electron chi connectivity index (χ0n) is 17.2. The van der Waals surface area contributed by atoms with Crippen molar-refractivity contribution in [1.82, 2.24) is 15.1 Å². The van der Waals surface area contributed by atoms with Gasteiger partial charge in [-0.15, -0.1) is 0 Å². The van der Waals surface area contributed by atoms with Crippen molar-refractivity contribution < 1.29 is 13.2 Å². The maximum absolute atomic E-state index is 12.8. The van der Waals surface area contributed by atoms with Crippen LogP contribution in [0.25, 0.3) is 5.69 Å². The van der Waals surface area contributed by atoms with Gasteiger partial charge in [0, 0.05) is 30.4 Å². The SMILES string of the molecule is CC(C)(C(=O)NCc1ccc(-n2cccn2)cc1)c1ccc(S(=O)(=O)/C=C/C#N)cc1. The molecule has 1 heterocycles. The molecule has 0 fully saturated rings. The van der Waals surface area contributed by atoms with Crippen LogP contribution in [0.5, 0.6) is 0 Å². The van der Waals surface area contributed by atoms with E-state index in [4.69, 9.17) is 5.26 Å². The van der Waals surface area contributed by atoms with Gasteiger partial charge in [-0.1, -0.05) is 24.3 Å². The van der Waals surface area contributed by atoms with Gasteiger partial charge in [0.15, 0.2) is 0 Å². The van der Waals surface area contributed by atoms with Crippen molar-refractivity contribution in [2.75, 3.05) is 0 Å². The van der Waals surface area contributed by atoms with E-state index in [-0.39, 0.29) is 10.8 Å². The molecule has 0 atom stereocenters. The zero-order valence-corrected chi connectivity index (χ0v) is 18.0. The minimum absolute atomic E-state index is 0.0660. The molecule has 0 radical (unpaired) electrons. The van der Waals surface area contributed by atoms with Crippen LogP contribution in [-0.2, 0) is 26.6 Å². The Morgan fingerprint density at radius 2 is 1.84 bits per heavy atom. The number of benzene rings is 2. The van der Waals surface area contributed by atoms with Crippen molar-refractivity contribution in [1.29, 1.82) is 5.26 Å². The maximum atomic E-state index is 12.8. The number of nitriles is 1. The fraction of sp³-hybridized carbons (Fsp3) is 0.174. The lowest BCUT2D eigenvalue weighted by atomic mass is 9.83.